The van der Waals surface area contributed by atoms with Crippen molar-refractivity contribution in [1.29, 1.82) is 0 Å². The molecule has 0 radical (unpaired) electrons. The van der Waals surface area contributed by atoms with Crippen molar-refractivity contribution < 1.29 is 8.42 Å². The Hall–Kier alpha value is -3.39. The van der Waals surface area contributed by atoms with Gasteiger partial charge in [-0.05, 0) is 35.9 Å². The second-order valence-electron chi connectivity index (χ2n) is 5.69. The van der Waals surface area contributed by atoms with Crippen molar-refractivity contribution >= 4 is 26.9 Å². The van der Waals surface area contributed by atoms with E-state index in [-0.39, 0.29) is 16.4 Å². The van der Waals surface area contributed by atoms with Crippen molar-refractivity contribution in [1.82, 2.24) is 15.0 Å². The highest BCUT2D eigenvalue weighted by molar-refractivity contribution is 7.92. The molecule has 0 saturated heterocycles. The van der Waals surface area contributed by atoms with Crippen molar-refractivity contribution in [2.75, 3.05) is 4.72 Å². The van der Waals surface area contributed by atoms with Gasteiger partial charge in [0.15, 0.2) is 0 Å². The van der Waals surface area contributed by atoms with E-state index >= 15 is 0 Å². The lowest BCUT2D eigenvalue weighted by atomic mass is 10.1. The fourth-order valence-electron chi connectivity index (χ4n) is 2.63. The largest absolute Gasteiger partial charge is 0.323 e. The molecule has 8 heteroatoms. The Kier molecular flexibility index (Phi) is 3.81. The maximum absolute atomic E-state index is 12.6. The van der Waals surface area contributed by atoms with Crippen LogP contribution in [0.3, 0.4) is 0 Å². The molecule has 7 nitrogen and oxygen atoms in total. The zero-order chi connectivity index (χ0) is 18.1. The molecule has 0 bridgehead atoms. The number of hydrogen-bond acceptors (Lipinski definition) is 4. The van der Waals surface area contributed by atoms with Gasteiger partial charge in [-0.1, -0.05) is 30.3 Å². The van der Waals surface area contributed by atoms with Gasteiger partial charge in [0.1, 0.15) is 5.82 Å². The standard InChI is InChI=1S/C18H14N4O3S/c23-18-20-15-8-7-14(10-16(15)21-18)26(24,25)22-17-9-6-13(11-19-17)12-4-2-1-3-5-12/h1-11H,(H,19,22)(H2,20,21,23). The summed E-state index contributed by atoms with van der Waals surface area (Å²) in [6, 6.07) is 17.4. The average molecular weight is 366 g/mol. The minimum absolute atomic E-state index is 0.0363. The molecule has 2 aromatic heterocycles. The summed E-state index contributed by atoms with van der Waals surface area (Å²) < 4.78 is 27.6. The van der Waals surface area contributed by atoms with E-state index in [0.29, 0.717) is 11.0 Å². The van der Waals surface area contributed by atoms with E-state index in [9.17, 15) is 13.2 Å². The van der Waals surface area contributed by atoms with Crippen molar-refractivity contribution in [3.8, 4) is 11.1 Å². The number of rotatable bonds is 4. The Bertz CT molecular complexity index is 1230. The molecule has 0 amide bonds. The lowest BCUT2D eigenvalue weighted by molar-refractivity contribution is 0.601. The third kappa shape index (κ3) is 3.09. The first-order chi connectivity index (χ1) is 12.5. The summed E-state index contributed by atoms with van der Waals surface area (Å²) >= 11 is 0. The van der Waals surface area contributed by atoms with Gasteiger partial charge in [-0.25, -0.2) is 18.2 Å². The molecule has 2 heterocycles. The monoisotopic (exact) mass is 366 g/mol. The number of benzene rings is 2. The molecule has 26 heavy (non-hydrogen) atoms. The van der Waals surface area contributed by atoms with Crippen LogP contribution in [0.1, 0.15) is 0 Å². The normalized spacial score (nSPS) is 11.5. The summed E-state index contributed by atoms with van der Waals surface area (Å²) in [5.74, 6) is 0.215. The molecule has 0 aliphatic heterocycles. The van der Waals surface area contributed by atoms with Crippen molar-refractivity contribution in [2.45, 2.75) is 4.90 Å². The lowest BCUT2D eigenvalue weighted by Gasteiger charge is -2.08. The molecule has 2 aromatic carbocycles. The van der Waals surface area contributed by atoms with Crippen LogP contribution in [0, 0.1) is 0 Å². The topological polar surface area (TPSA) is 108 Å². The number of hydrogen-bond donors (Lipinski definition) is 3. The van der Waals surface area contributed by atoms with Gasteiger partial charge in [0.2, 0.25) is 0 Å². The molecule has 4 aromatic rings. The van der Waals surface area contributed by atoms with Gasteiger partial charge >= 0.3 is 5.69 Å². The number of aromatic nitrogens is 3. The van der Waals surface area contributed by atoms with Crippen molar-refractivity contribution in [3.63, 3.8) is 0 Å². The summed E-state index contributed by atoms with van der Waals surface area (Å²) in [5.41, 5.74) is 2.46. The second kappa shape index (κ2) is 6.16. The van der Waals surface area contributed by atoms with E-state index in [1.807, 2.05) is 30.3 Å². The van der Waals surface area contributed by atoms with Crippen molar-refractivity contribution in [3.05, 3.63) is 77.3 Å². The van der Waals surface area contributed by atoms with Crippen LogP contribution < -0.4 is 10.4 Å². The molecule has 130 valence electrons. The fraction of sp³-hybridized carbons (Fsp3) is 0. The highest BCUT2D eigenvalue weighted by Crippen LogP contribution is 2.21. The summed E-state index contributed by atoms with van der Waals surface area (Å²) in [6.07, 6.45) is 1.61. The first kappa shape index (κ1) is 16.1. The first-order valence-electron chi connectivity index (χ1n) is 7.78. The number of aromatic amines is 2. The zero-order valence-electron chi connectivity index (χ0n) is 13.4. The summed E-state index contributed by atoms with van der Waals surface area (Å²) in [4.78, 5) is 20.6. The molecule has 0 aliphatic rings. The van der Waals surface area contributed by atoms with E-state index in [0.717, 1.165) is 11.1 Å². The van der Waals surface area contributed by atoms with Gasteiger partial charge in [0.25, 0.3) is 10.0 Å². The SMILES string of the molecule is O=c1[nH]c2ccc(S(=O)(=O)Nc3ccc(-c4ccccc4)cn3)cc2[nH]1. The second-order valence-corrected chi connectivity index (χ2v) is 7.37. The Morgan fingerprint density at radius 3 is 2.35 bits per heavy atom. The smallest absolute Gasteiger partial charge is 0.306 e. The number of nitrogens with one attached hydrogen (secondary N) is 3. The number of imidazole rings is 1. The fourth-order valence-corrected chi connectivity index (χ4v) is 3.67. The van der Waals surface area contributed by atoms with Crippen molar-refractivity contribution in [2.24, 2.45) is 0 Å². The van der Waals surface area contributed by atoms with Gasteiger partial charge in [0, 0.05) is 11.8 Å². The van der Waals surface area contributed by atoms with Gasteiger partial charge in [-0.2, -0.15) is 0 Å². The minimum atomic E-state index is -3.82. The predicted octanol–water partition coefficient (Wildman–Crippen LogP) is 2.72. The Balaban J connectivity index is 1.61. The third-order valence-corrected chi connectivity index (χ3v) is 5.26. The number of H-pyrrole nitrogens is 2. The highest BCUT2D eigenvalue weighted by Gasteiger charge is 2.16. The van der Waals surface area contributed by atoms with Gasteiger partial charge in [0.05, 0.1) is 15.9 Å². The molecule has 0 saturated carbocycles. The van der Waals surface area contributed by atoms with E-state index in [4.69, 9.17) is 0 Å². The molecule has 0 unspecified atom stereocenters. The summed E-state index contributed by atoms with van der Waals surface area (Å²) in [5, 5.41) is 0. The Morgan fingerprint density at radius 2 is 1.62 bits per heavy atom. The molecule has 0 spiro atoms. The van der Waals surface area contributed by atoms with Gasteiger partial charge in [-0.3, -0.25) is 4.72 Å². The number of pyridine rings is 1. The van der Waals surface area contributed by atoms with Crippen LogP contribution in [0.2, 0.25) is 0 Å². The molecule has 4 rings (SSSR count). The lowest BCUT2D eigenvalue weighted by Crippen LogP contribution is -2.13. The maximum atomic E-state index is 12.6. The third-order valence-electron chi connectivity index (χ3n) is 3.91. The molecule has 0 aliphatic carbocycles. The quantitative estimate of drug-likeness (QED) is 0.516. The van der Waals surface area contributed by atoms with Crippen LogP contribution >= 0.6 is 0 Å². The predicted molar refractivity (Wildman–Crippen MR) is 99.4 cm³/mol. The number of nitrogens with zero attached hydrogens (tertiary/aromatic N) is 1. The zero-order valence-corrected chi connectivity index (χ0v) is 14.2. The van der Waals surface area contributed by atoms with Crippen LogP contribution in [0.5, 0.6) is 0 Å². The Morgan fingerprint density at radius 1 is 0.846 bits per heavy atom. The van der Waals surface area contributed by atoms with E-state index in [1.54, 1.807) is 18.3 Å². The maximum Gasteiger partial charge on any atom is 0.323 e. The molecule has 3 N–H and O–H groups in total. The van der Waals surface area contributed by atoms with Crippen LogP contribution in [-0.4, -0.2) is 23.4 Å². The van der Waals surface area contributed by atoms with Gasteiger partial charge in [-0.15, -0.1) is 0 Å². The number of fused-ring (bicyclic) bond motifs is 1. The molecule has 0 atom stereocenters. The van der Waals surface area contributed by atoms with E-state index in [1.165, 1.54) is 18.2 Å². The van der Waals surface area contributed by atoms with E-state index in [2.05, 4.69) is 19.7 Å². The van der Waals surface area contributed by atoms with Crippen LogP contribution in [0.25, 0.3) is 22.2 Å². The summed E-state index contributed by atoms with van der Waals surface area (Å²) in [6.45, 7) is 0. The van der Waals surface area contributed by atoms with Gasteiger partial charge < -0.3 is 9.97 Å². The van der Waals surface area contributed by atoms with Crippen LogP contribution in [0.15, 0.2) is 76.6 Å². The number of anilines is 1. The molecular formula is C18H14N4O3S. The Labute approximate surface area is 148 Å². The van der Waals surface area contributed by atoms with Crippen LogP contribution in [-0.2, 0) is 10.0 Å². The highest BCUT2D eigenvalue weighted by atomic mass is 32.2. The first-order valence-corrected chi connectivity index (χ1v) is 9.26. The molecular weight excluding hydrogens is 352 g/mol. The summed E-state index contributed by atoms with van der Waals surface area (Å²) in [7, 11) is -3.82. The van der Waals surface area contributed by atoms with E-state index < -0.39 is 10.0 Å². The van der Waals surface area contributed by atoms with Crippen LogP contribution in [0.4, 0.5) is 5.82 Å². The average Bonchev–Trinajstić information content (AvgIpc) is 3.02. The number of sulfonamides is 1. The molecule has 0 fully saturated rings. The minimum Gasteiger partial charge on any atom is -0.306 e.